The number of aliphatic hydroxyl groups excluding tert-OH is 1. The Balaban J connectivity index is 3.03. The van der Waals surface area contributed by atoms with Gasteiger partial charge in [-0.1, -0.05) is 11.6 Å². The van der Waals surface area contributed by atoms with E-state index in [1.54, 1.807) is 6.20 Å². The first-order valence-electron chi connectivity index (χ1n) is 3.81. The number of nitrogens with zero attached hydrogens (tertiary/aromatic N) is 1. The van der Waals surface area contributed by atoms with E-state index >= 15 is 0 Å². The molecule has 3 nitrogen and oxygen atoms in total. The van der Waals surface area contributed by atoms with Gasteiger partial charge in [0.2, 0.25) is 0 Å². The molecule has 0 saturated heterocycles. The Hall–Kier alpha value is -0.160. The van der Waals surface area contributed by atoms with Crippen LogP contribution in [0.3, 0.4) is 0 Å². The predicted octanol–water partition coefficient (Wildman–Crippen LogP) is 1.53. The van der Waals surface area contributed by atoms with Crippen LogP contribution in [0.25, 0.3) is 0 Å². The summed E-state index contributed by atoms with van der Waals surface area (Å²) in [7, 11) is 0. The van der Waals surface area contributed by atoms with Crippen LogP contribution in [0, 0.1) is 0 Å². The van der Waals surface area contributed by atoms with Gasteiger partial charge >= 0.3 is 0 Å². The zero-order valence-electron chi connectivity index (χ0n) is 6.87. The number of aliphatic hydroxyl groups is 1. The van der Waals surface area contributed by atoms with Gasteiger partial charge in [-0.2, -0.15) is 0 Å². The average molecular weight is 266 g/mol. The second kappa shape index (κ2) is 4.91. The largest absolute Gasteiger partial charge is 0.396 e. The maximum atomic E-state index is 9.01. The molecule has 0 fully saturated rings. The standard InChI is InChI=1S/C8H10BrClN2O/c9-6-1-7(5(2-11)4-13)8(10)12-3-6/h1,3,5,13H,2,4,11H2. The third-order valence-corrected chi connectivity index (χ3v) is 2.53. The van der Waals surface area contributed by atoms with Gasteiger partial charge in [0.25, 0.3) is 0 Å². The first kappa shape index (κ1) is 10.9. The monoisotopic (exact) mass is 264 g/mol. The lowest BCUT2D eigenvalue weighted by atomic mass is 10.0. The van der Waals surface area contributed by atoms with Gasteiger partial charge in [0.1, 0.15) is 5.15 Å². The topological polar surface area (TPSA) is 59.1 Å². The summed E-state index contributed by atoms with van der Waals surface area (Å²) in [6.45, 7) is 0.336. The summed E-state index contributed by atoms with van der Waals surface area (Å²) in [5.41, 5.74) is 6.25. The maximum Gasteiger partial charge on any atom is 0.132 e. The van der Waals surface area contributed by atoms with Crippen LogP contribution >= 0.6 is 27.5 Å². The van der Waals surface area contributed by atoms with E-state index in [-0.39, 0.29) is 12.5 Å². The summed E-state index contributed by atoms with van der Waals surface area (Å²) in [4.78, 5) is 3.95. The van der Waals surface area contributed by atoms with Crippen molar-refractivity contribution >= 4 is 27.5 Å². The minimum atomic E-state index is -0.141. The van der Waals surface area contributed by atoms with Crippen LogP contribution in [-0.2, 0) is 0 Å². The first-order chi connectivity index (χ1) is 6.19. The van der Waals surface area contributed by atoms with Gasteiger partial charge in [0, 0.05) is 23.1 Å². The zero-order chi connectivity index (χ0) is 9.84. The van der Waals surface area contributed by atoms with Gasteiger partial charge in [-0.25, -0.2) is 4.98 Å². The number of rotatable bonds is 3. The Morgan fingerprint density at radius 1 is 1.69 bits per heavy atom. The van der Waals surface area contributed by atoms with Crippen molar-refractivity contribution in [1.29, 1.82) is 0 Å². The highest BCUT2D eigenvalue weighted by Gasteiger charge is 2.13. The average Bonchev–Trinajstić information content (AvgIpc) is 2.13. The van der Waals surface area contributed by atoms with Gasteiger partial charge < -0.3 is 10.8 Å². The highest BCUT2D eigenvalue weighted by atomic mass is 79.9. The van der Waals surface area contributed by atoms with Crippen molar-refractivity contribution in [3.05, 3.63) is 27.5 Å². The molecule has 1 aromatic heterocycles. The summed E-state index contributed by atoms with van der Waals surface area (Å²) in [6.07, 6.45) is 1.61. The number of halogens is 2. The van der Waals surface area contributed by atoms with Crippen LogP contribution in [0.15, 0.2) is 16.7 Å². The van der Waals surface area contributed by atoms with Crippen LogP contribution in [0.4, 0.5) is 0 Å². The molecule has 3 N–H and O–H groups in total. The zero-order valence-corrected chi connectivity index (χ0v) is 9.22. The SMILES string of the molecule is NCC(CO)c1cc(Br)cnc1Cl. The molecule has 0 radical (unpaired) electrons. The third kappa shape index (κ3) is 2.64. The molecular formula is C8H10BrClN2O. The van der Waals surface area contributed by atoms with Gasteiger partial charge in [0.05, 0.1) is 6.61 Å². The molecule has 0 aliphatic heterocycles. The van der Waals surface area contributed by atoms with Gasteiger partial charge in [-0.15, -0.1) is 0 Å². The van der Waals surface area contributed by atoms with Crippen LogP contribution in [0.1, 0.15) is 11.5 Å². The molecule has 0 bridgehead atoms. The van der Waals surface area contributed by atoms with E-state index in [0.717, 1.165) is 10.0 Å². The molecule has 5 heteroatoms. The lowest BCUT2D eigenvalue weighted by Gasteiger charge is -2.12. The number of hydrogen-bond donors (Lipinski definition) is 2. The molecule has 1 unspecified atom stereocenters. The number of hydrogen-bond acceptors (Lipinski definition) is 3. The van der Waals surface area contributed by atoms with E-state index in [4.69, 9.17) is 22.4 Å². The smallest absolute Gasteiger partial charge is 0.132 e. The Kier molecular flexibility index (Phi) is 4.12. The van der Waals surface area contributed by atoms with Crippen molar-refractivity contribution in [2.75, 3.05) is 13.2 Å². The minimum absolute atomic E-state index is 0.0195. The number of aromatic nitrogens is 1. The summed E-state index contributed by atoms with van der Waals surface area (Å²) in [5.74, 6) is -0.141. The summed E-state index contributed by atoms with van der Waals surface area (Å²) in [6, 6.07) is 1.82. The second-order valence-electron chi connectivity index (χ2n) is 2.65. The van der Waals surface area contributed by atoms with E-state index in [1.165, 1.54) is 0 Å². The van der Waals surface area contributed by atoms with E-state index in [9.17, 15) is 0 Å². The van der Waals surface area contributed by atoms with E-state index in [0.29, 0.717) is 11.7 Å². The van der Waals surface area contributed by atoms with Crippen molar-refractivity contribution in [3.63, 3.8) is 0 Å². The Labute approximate surface area is 90.1 Å². The molecule has 1 rings (SSSR count). The van der Waals surface area contributed by atoms with Gasteiger partial charge in [-0.05, 0) is 27.6 Å². The molecule has 72 valence electrons. The number of pyridine rings is 1. The predicted molar refractivity (Wildman–Crippen MR) is 55.8 cm³/mol. The fourth-order valence-electron chi connectivity index (χ4n) is 1.02. The van der Waals surface area contributed by atoms with Crippen molar-refractivity contribution in [1.82, 2.24) is 4.98 Å². The molecule has 0 spiro atoms. The van der Waals surface area contributed by atoms with E-state index in [2.05, 4.69) is 20.9 Å². The Bertz CT molecular complexity index is 291. The lowest BCUT2D eigenvalue weighted by Crippen LogP contribution is -2.16. The minimum Gasteiger partial charge on any atom is -0.396 e. The molecule has 0 aliphatic rings. The van der Waals surface area contributed by atoms with Crippen molar-refractivity contribution in [3.8, 4) is 0 Å². The molecule has 1 atom stereocenters. The highest BCUT2D eigenvalue weighted by molar-refractivity contribution is 9.10. The fourth-order valence-corrected chi connectivity index (χ4v) is 1.63. The van der Waals surface area contributed by atoms with Crippen LogP contribution in [0.2, 0.25) is 5.15 Å². The van der Waals surface area contributed by atoms with Crippen molar-refractivity contribution in [2.24, 2.45) is 5.73 Å². The van der Waals surface area contributed by atoms with Crippen LogP contribution in [-0.4, -0.2) is 23.2 Å². The molecule has 1 heterocycles. The molecule has 13 heavy (non-hydrogen) atoms. The first-order valence-corrected chi connectivity index (χ1v) is 4.98. The molecule has 0 aliphatic carbocycles. The molecule has 0 saturated carbocycles. The van der Waals surface area contributed by atoms with Gasteiger partial charge in [0.15, 0.2) is 0 Å². The maximum absolute atomic E-state index is 9.01. The quantitative estimate of drug-likeness (QED) is 0.815. The van der Waals surface area contributed by atoms with Crippen molar-refractivity contribution in [2.45, 2.75) is 5.92 Å². The molecule has 1 aromatic rings. The third-order valence-electron chi connectivity index (χ3n) is 1.78. The molecular weight excluding hydrogens is 255 g/mol. The van der Waals surface area contributed by atoms with E-state index in [1.807, 2.05) is 6.07 Å². The molecule has 0 amide bonds. The summed E-state index contributed by atoms with van der Waals surface area (Å²) in [5, 5.41) is 9.41. The van der Waals surface area contributed by atoms with Gasteiger partial charge in [-0.3, -0.25) is 0 Å². The Morgan fingerprint density at radius 2 is 2.38 bits per heavy atom. The normalized spacial score (nSPS) is 12.9. The molecule has 0 aromatic carbocycles. The van der Waals surface area contributed by atoms with E-state index < -0.39 is 0 Å². The summed E-state index contributed by atoms with van der Waals surface area (Å²) < 4.78 is 0.832. The van der Waals surface area contributed by atoms with Crippen LogP contribution < -0.4 is 5.73 Å². The second-order valence-corrected chi connectivity index (χ2v) is 3.92. The number of nitrogens with two attached hydrogens (primary N) is 1. The lowest BCUT2D eigenvalue weighted by molar-refractivity contribution is 0.267. The van der Waals surface area contributed by atoms with Crippen molar-refractivity contribution < 1.29 is 5.11 Å². The Morgan fingerprint density at radius 3 is 2.92 bits per heavy atom. The van der Waals surface area contributed by atoms with Crippen LogP contribution in [0.5, 0.6) is 0 Å². The fraction of sp³-hybridized carbons (Fsp3) is 0.375. The summed E-state index contributed by atoms with van der Waals surface area (Å²) >= 11 is 9.13. The highest BCUT2D eigenvalue weighted by Crippen LogP contribution is 2.24.